The molecule has 0 rings (SSSR count). The molecule has 0 radical (unpaired) electrons. The van der Waals surface area contributed by atoms with Crippen molar-refractivity contribution in [2.75, 3.05) is 13.1 Å². The second-order valence-corrected chi connectivity index (χ2v) is 1.70. The highest BCUT2D eigenvalue weighted by Crippen LogP contribution is 1.87. The molecule has 0 aliphatic carbocycles. The van der Waals surface area contributed by atoms with Crippen LogP contribution in [0.5, 0.6) is 0 Å². The van der Waals surface area contributed by atoms with Crippen LogP contribution in [0.4, 0.5) is 0 Å². The van der Waals surface area contributed by atoms with Gasteiger partial charge in [0.1, 0.15) is 0 Å². The molecule has 3 nitrogen and oxygen atoms in total. The van der Waals surface area contributed by atoms with Crippen molar-refractivity contribution in [3.05, 3.63) is 0 Å². The van der Waals surface area contributed by atoms with Crippen molar-refractivity contribution in [1.29, 1.82) is 0 Å². The molecule has 0 unspecified atom stereocenters. The Bertz CT molecular complexity index is 93.7. The summed E-state index contributed by atoms with van der Waals surface area (Å²) < 4.78 is 0. The molecule has 10 heavy (non-hydrogen) atoms. The zero-order valence-corrected chi connectivity index (χ0v) is 6.18. The standard InChI is InChI=1S/C6H13NO2.Al.3H/c1-4-7(5-2)9-6(3)8;;;;/h4-5H2,1-3H3;;;;. The van der Waals surface area contributed by atoms with Gasteiger partial charge in [-0.25, -0.2) is 0 Å². The molecule has 0 aliphatic rings. The molecule has 0 fully saturated rings. The maximum atomic E-state index is 10.3. The van der Waals surface area contributed by atoms with E-state index in [1.165, 1.54) is 6.92 Å². The Kier molecular flexibility index (Phi) is 8.93. The highest BCUT2D eigenvalue weighted by atomic mass is 27.0. The number of carbonyl (C=O) groups excluding carboxylic acids is 1. The van der Waals surface area contributed by atoms with Gasteiger partial charge >= 0.3 is 5.97 Å². The molecule has 0 heterocycles. The van der Waals surface area contributed by atoms with Gasteiger partial charge in [-0.1, -0.05) is 0 Å². The zero-order chi connectivity index (χ0) is 7.28. The molecule has 0 atom stereocenters. The van der Waals surface area contributed by atoms with Gasteiger partial charge in [-0.15, -0.1) is 5.06 Å². The molecular formula is C6H16AlNO2. The fourth-order valence-electron chi connectivity index (χ4n) is 0.535. The van der Waals surface area contributed by atoms with Gasteiger partial charge in [0.25, 0.3) is 0 Å². The number of hydroxylamine groups is 2. The summed E-state index contributed by atoms with van der Waals surface area (Å²) in [5.41, 5.74) is 0. The lowest BCUT2D eigenvalue weighted by Crippen LogP contribution is -2.25. The van der Waals surface area contributed by atoms with Crippen LogP contribution in [0.15, 0.2) is 0 Å². The number of rotatable bonds is 3. The lowest BCUT2D eigenvalue weighted by molar-refractivity contribution is -0.185. The van der Waals surface area contributed by atoms with Crippen LogP contribution in [-0.2, 0) is 9.63 Å². The summed E-state index contributed by atoms with van der Waals surface area (Å²) >= 11 is 0. The lowest BCUT2D eigenvalue weighted by Gasteiger charge is -2.15. The molecule has 0 aliphatic heterocycles. The van der Waals surface area contributed by atoms with Crippen LogP contribution >= 0.6 is 0 Å². The molecule has 0 amide bonds. The van der Waals surface area contributed by atoms with Crippen LogP contribution < -0.4 is 0 Å². The summed E-state index contributed by atoms with van der Waals surface area (Å²) in [7, 11) is 0. The minimum atomic E-state index is -0.251. The first kappa shape index (κ1) is 12.6. The molecule has 0 aromatic rings. The van der Waals surface area contributed by atoms with Crippen LogP contribution in [-0.4, -0.2) is 41.5 Å². The predicted octanol–water partition coefficient (Wildman–Crippen LogP) is -0.378. The summed E-state index contributed by atoms with van der Waals surface area (Å²) in [4.78, 5) is 15.1. The average molecular weight is 161 g/mol. The van der Waals surface area contributed by atoms with Gasteiger partial charge in [-0.2, -0.15) is 0 Å². The normalized spacial score (nSPS) is 8.80. The molecule has 0 saturated carbocycles. The summed E-state index contributed by atoms with van der Waals surface area (Å²) in [5, 5.41) is 1.60. The molecule has 0 spiro atoms. The van der Waals surface area contributed by atoms with E-state index in [0.29, 0.717) is 0 Å². The average Bonchev–Trinajstić information content (AvgIpc) is 1.82. The number of carbonyl (C=O) groups is 1. The Morgan fingerprint density at radius 1 is 1.40 bits per heavy atom. The fourth-order valence-corrected chi connectivity index (χ4v) is 0.535. The number of hydrogen-bond acceptors (Lipinski definition) is 3. The van der Waals surface area contributed by atoms with Crippen molar-refractivity contribution in [2.45, 2.75) is 20.8 Å². The number of nitrogens with zero attached hydrogens (tertiary/aromatic N) is 1. The summed E-state index contributed by atoms with van der Waals surface area (Å²) in [5.74, 6) is -0.251. The van der Waals surface area contributed by atoms with E-state index in [-0.39, 0.29) is 23.3 Å². The second-order valence-electron chi connectivity index (χ2n) is 1.70. The van der Waals surface area contributed by atoms with Crippen LogP contribution in [0, 0.1) is 0 Å². The van der Waals surface area contributed by atoms with E-state index in [0.717, 1.165) is 13.1 Å². The van der Waals surface area contributed by atoms with Gasteiger partial charge in [-0.3, -0.25) is 4.79 Å². The monoisotopic (exact) mass is 161 g/mol. The van der Waals surface area contributed by atoms with Gasteiger partial charge in [0.05, 0.1) is 0 Å². The van der Waals surface area contributed by atoms with E-state index in [4.69, 9.17) is 4.84 Å². The van der Waals surface area contributed by atoms with E-state index < -0.39 is 0 Å². The number of hydrogen-bond donors (Lipinski definition) is 0. The molecular weight excluding hydrogens is 145 g/mol. The maximum Gasteiger partial charge on any atom is 0.322 e. The van der Waals surface area contributed by atoms with Crippen molar-refractivity contribution >= 4 is 23.3 Å². The molecule has 0 bridgehead atoms. The van der Waals surface area contributed by atoms with E-state index in [1.807, 2.05) is 13.8 Å². The third kappa shape index (κ3) is 6.09. The van der Waals surface area contributed by atoms with Gasteiger partial charge in [0.15, 0.2) is 17.4 Å². The quantitative estimate of drug-likeness (QED) is 0.417. The molecule has 0 aromatic carbocycles. The van der Waals surface area contributed by atoms with Crippen molar-refractivity contribution < 1.29 is 9.63 Å². The highest BCUT2D eigenvalue weighted by molar-refractivity contribution is 5.75. The first-order chi connectivity index (χ1) is 4.20. The molecule has 60 valence electrons. The van der Waals surface area contributed by atoms with Gasteiger partial charge in [0.2, 0.25) is 0 Å². The van der Waals surface area contributed by atoms with E-state index in [9.17, 15) is 4.79 Å². The maximum absolute atomic E-state index is 10.3. The van der Waals surface area contributed by atoms with Gasteiger partial charge in [-0.05, 0) is 13.8 Å². The molecule has 0 N–H and O–H groups in total. The van der Waals surface area contributed by atoms with Crippen LogP contribution in [0.3, 0.4) is 0 Å². The van der Waals surface area contributed by atoms with E-state index in [1.54, 1.807) is 5.06 Å². The molecule has 0 saturated heterocycles. The summed E-state index contributed by atoms with van der Waals surface area (Å²) in [6.07, 6.45) is 0. The summed E-state index contributed by atoms with van der Waals surface area (Å²) in [6, 6.07) is 0. The van der Waals surface area contributed by atoms with Crippen molar-refractivity contribution in [3.63, 3.8) is 0 Å². The zero-order valence-electron chi connectivity index (χ0n) is 6.18. The lowest BCUT2D eigenvalue weighted by atomic mass is 10.6. The third-order valence-corrected chi connectivity index (χ3v) is 0.963. The van der Waals surface area contributed by atoms with Crippen molar-refractivity contribution in [2.24, 2.45) is 0 Å². The van der Waals surface area contributed by atoms with Gasteiger partial charge in [0, 0.05) is 20.0 Å². The second kappa shape index (κ2) is 7.07. The largest absolute Gasteiger partial charge is 0.368 e. The topological polar surface area (TPSA) is 29.5 Å². The minimum Gasteiger partial charge on any atom is -0.368 e. The highest BCUT2D eigenvalue weighted by Gasteiger charge is 2.00. The Morgan fingerprint density at radius 2 is 1.80 bits per heavy atom. The Hall–Kier alpha value is -0.0375. The van der Waals surface area contributed by atoms with Crippen LogP contribution in [0.2, 0.25) is 0 Å². The Balaban J connectivity index is 0. The van der Waals surface area contributed by atoms with E-state index in [2.05, 4.69) is 0 Å². The van der Waals surface area contributed by atoms with Gasteiger partial charge < -0.3 is 4.84 Å². The van der Waals surface area contributed by atoms with Crippen LogP contribution in [0.25, 0.3) is 0 Å². The first-order valence-electron chi connectivity index (χ1n) is 3.14. The SMILES string of the molecule is CCN(CC)OC(C)=O.[AlH3]. The summed E-state index contributed by atoms with van der Waals surface area (Å²) in [6.45, 7) is 6.77. The van der Waals surface area contributed by atoms with E-state index >= 15 is 0 Å². The first-order valence-corrected chi connectivity index (χ1v) is 3.14. The van der Waals surface area contributed by atoms with Crippen molar-refractivity contribution in [1.82, 2.24) is 5.06 Å². The van der Waals surface area contributed by atoms with Crippen molar-refractivity contribution in [3.8, 4) is 0 Å². The Morgan fingerprint density at radius 3 is 1.90 bits per heavy atom. The molecule has 0 aromatic heterocycles. The Labute approximate surface area is 72.4 Å². The third-order valence-electron chi connectivity index (χ3n) is 0.963. The van der Waals surface area contributed by atoms with Crippen LogP contribution in [0.1, 0.15) is 20.8 Å². The predicted molar refractivity (Wildman–Crippen MR) is 44.6 cm³/mol. The molecule has 4 heteroatoms. The minimum absolute atomic E-state index is 0. The smallest absolute Gasteiger partial charge is 0.322 e. The fraction of sp³-hybridized carbons (Fsp3) is 0.833.